The number of carbonyl (C=O) groups excluding carboxylic acids is 2. The third-order valence-electron chi connectivity index (χ3n) is 1.41. The summed E-state index contributed by atoms with van der Waals surface area (Å²) in [7, 11) is 1.20. The molecule has 0 rings (SSSR count). The maximum atomic E-state index is 11.1. The third kappa shape index (κ3) is 6.21. The molecule has 0 aliphatic rings. The van der Waals surface area contributed by atoms with Crippen LogP contribution in [-0.2, 0) is 19.2 Å². The van der Waals surface area contributed by atoms with Gasteiger partial charge in [-0.2, -0.15) is 5.26 Å². The molecule has 0 saturated heterocycles. The Hall–Kier alpha value is -1.90. The first-order valence-corrected chi connectivity index (χ1v) is 4.31. The zero-order valence-electron chi connectivity index (χ0n) is 8.65. The molecular formula is C9H12N2O4. The number of rotatable bonds is 5. The van der Waals surface area contributed by atoms with Crippen LogP contribution in [-0.4, -0.2) is 24.8 Å². The molecular weight excluding hydrogens is 200 g/mol. The van der Waals surface area contributed by atoms with Crippen LogP contribution in [0.4, 0.5) is 0 Å². The molecule has 0 spiro atoms. The molecule has 0 aromatic rings. The Morgan fingerprint density at radius 2 is 2.13 bits per heavy atom. The summed E-state index contributed by atoms with van der Waals surface area (Å²) >= 11 is 0. The minimum atomic E-state index is -0.658. The first kappa shape index (κ1) is 13.1. The number of ether oxygens (including phenoxy) is 1. The fourth-order valence-electron chi connectivity index (χ4n) is 0.757. The van der Waals surface area contributed by atoms with E-state index in [4.69, 9.17) is 5.26 Å². The smallest absolute Gasteiger partial charge is 0.355 e. The van der Waals surface area contributed by atoms with Crippen LogP contribution in [0.15, 0.2) is 5.16 Å². The van der Waals surface area contributed by atoms with E-state index in [1.165, 1.54) is 14.0 Å². The number of esters is 1. The zero-order chi connectivity index (χ0) is 11.7. The molecule has 0 heterocycles. The summed E-state index contributed by atoms with van der Waals surface area (Å²) in [6.07, 6.45) is 1.01. The Labute approximate surface area is 87.5 Å². The van der Waals surface area contributed by atoms with Crippen molar-refractivity contribution < 1.29 is 19.2 Å². The van der Waals surface area contributed by atoms with Gasteiger partial charge in [0.2, 0.25) is 0 Å². The van der Waals surface area contributed by atoms with Crippen molar-refractivity contribution in [3.05, 3.63) is 0 Å². The van der Waals surface area contributed by atoms with Gasteiger partial charge in [0, 0.05) is 19.8 Å². The predicted molar refractivity (Wildman–Crippen MR) is 50.7 cm³/mol. The van der Waals surface area contributed by atoms with Crippen molar-refractivity contribution >= 4 is 17.7 Å². The second-order valence-electron chi connectivity index (χ2n) is 2.62. The Balaban J connectivity index is 4.31. The fourth-order valence-corrected chi connectivity index (χ4v) is 0.757. The van der Waals surface area contributed by atoms with Gasteiger partial charge in [0.05, 0.1) is 13.2 Å². The minimum absolute atomic E-state index is 0.00273. The summed E-state index contributed by atoms with van der Waals surface area (Å²) in [6, 6.07) is 1.93. The first-order valence-electron chi connectivity index (χ1n) is 4.31. The van der Waals surface area contributed by atoms with E-state index in [0.717, 1.165) is 0 Å². The van der Waals surface area contributed by atoms with Gasteiger partial charge in [0.15, 0.2) is 5.71 Å². The highest BCUT2D eigenvalue weighted by atomic mass is 16.7. The topological polar surface area (TPSA) is 88.8 Å². The Morgan fingerprint density at radius 1 is 1.47 bits per heavy atom. The van der Waals surface area contributed by atoms with Crippen molar-refractivity contribution in [3.8, 4) is 6.07 Å². The molecule has 0 aliphatic carbocycles. The number of hydrogen-bond acceptors (Lipinski definition) is 6. The highest BCUT2D eigenvalue weighted by molar-refractivity contribution is 6.36. The lowest BCUT2D eigenvalue weighted by Gasteiger charge is -2.01. The van der Waals surface area contributed by atoms with E-state index in [1.807, 2.05) is 6.07 Å². The number of oxime groups is 1. The summed E-state index contributed by atoms with van der Waals surface area (Å²) in [5.41, 5.74) is 0.00273. The van der Waals surface area contributed by atoms with Crippen LogP contribution >= 0.6 is 0 Å². The Kier molecular flexibility index (Phi) is 6.55. The average Bonchev–Trinajstić information content (AvgIpc) is 2.21. The van der Waals surface area contributed by atoms with Gasteiger partial charge < -0.3 is 9.57 Å². The molecule has 0 aliphatic heterocycles. The summed E-state index contributed by atoms with van der Waals surface area (Å²) in [6.45, 7) is 1.17. The SMILES string of the molecule is COC(=O)C(CCCC#N)=NOC(C)=O. The van der Waals surface area contributed by atoms with Crippen LogP contribution in [0.5, 0.6) is 0 Å². The van der Waals surface area contributed by atoms with E-state index >= 15 is 0 Å². The normalized spacial score (nSPS) is 10.3. The Bertz CT molecular complexity index is 304. The van der Waals surface area contributed by atoms with Gasteiger partial charge in [0.1, 0.15) is 0 Å². The van der Waals surface area contributed by atoms with E-state index in [0.29, 0.717) is 12.8 Å². The molecule has 0 saturated carbocycles. The second-order valence-corrected chi connectivity index (χ2v) is 2.62. The lowest BCUT2D eigenvalue weighted by atomic mass is 10.2. The molecule has 0 amide bonds. The highest BCUT2D eigenvalue weighted by Gasteiger charge is 2.12. The molecule has 0 fully saturated rings. The molecule has 0 radical (unpaired) electrons. The monoisotopic (exact) mass is 212 g/mol. The van der Waals surface area contributed by atoms with Crippen LogP contribution in [0.2, 0.25) is 0 Å². The van der Waals surface area contributed by atoms with Crippen molar-refractivity contribution in [2.75, 3.05) is 7.11 Å². The van der Waals surface area contributed by atoms with Crippen LogP contribution in [0.25, 0.3) is 0 Å². The van der Waals surface area contributed by atoms with Gasteiger partial charge in [-0.15, -0.1) is 0 Å². The van der Waals surface area contributed by atoms with Crippen molar-refractivity contribution in [1.29, 1.82) is 5.26 Å². The number of methoxy groups -OCH3 is 1. The molecule has 6 nitrogen and oxygen atoms in total. The number of carbonyl (C=O) groups is 2. The maximum Gasteiger partial charge on any atom is 0.355 e. The highest BCUT2D eigenvalue weighted by Crippen LogP contribution is 2.00. The lowest BCUT2D eigenvalue weighted by Crippen LogP contribution is -2.16. The van der Waals surface area contributed by atoms with E-state index in [9.17, 15) is 9.59 Å². The minimum Gasteiger partial charge on any atom is -0.464 e. The zero-order valence-corrected chi connectivity index (χ0v) is 8.65. The van der Waals surface area contributed by atoms with Gasteiger partial charge >= 0.3 is 11.9 Å². The number of unbranched alkanes of at least 4 members (excludes halogenated alkanes) is 1. The van der Waals surface area contributed by atoms with Crippen LogP contribution in [0.3, 0.4) is 0 Å². The van der Waals surface area contributed by atoms with Crippen molar-refractivity contribution in [2.24, 2.45) is 5.16 Å². The van der Waals surface area contributed by atoms with Crippen LogP contribution in [0.1, 0.15) is 26.2 Å². The Morgan fingerprint density at radius 3 is 2.60 bits per heavy atom. The van der Waals surface area contributed by atoms with Gasteiger partial charge in [0.25, 0.3) is 0 Å². The fraction of sp³-hybridized carbons (Fsp3) is 0.556. The quantitative estimate of drug-likeness (QED) is 0.221. The van der Waals surface area contributed by atoms with Crippen molar-refractivity contribution in [1.82, 2.24) is 0 Å². The standard InChI is InChI=1S/C9H12N2O4/c1-7(12)15-11-8(9(13)14-2)5-3-4-6-10/h3-5H2,1-2H3. The molecule has 0 aromatic carbocycles. The maximum absolute atomic E-state index is 11.1. The number of nitrogens with zero attached hydrogens (tertiary/aromatic N) is 2. The van der Waals surface area contributed by atoms with E-state index in [-0.39, 0.29) is 12.1 Å². The molecule has 0 N–H and O–H groups in total. The van der Waals surface area contributed by atoms with Crippen molar-refractivity contribution in [3.63, 3.8) is 0 Å². The number of nitriles is 1. The average molecular weight is 212 g/mol. The van der Waals surface area contributed by atoms with Gasteiger partial charge in [-0.3, -0.25) is 0 Å². The van der Waals surface area contributed by atoms with E-state index in [2.05, 4.69) is 14.7 Å². The summed E-state index contributed by atoms with van der Waals surface area (Å²) < 4.78 is 4.43. The van der Waals surface area contributed by atoms with Gasteiger partial charge in [-0.05, 0) is 6.42 Å². The molecule has 15 heavy (non-hydrogen) atoms. The molecule has 0 atom stereocenters. The third-order valence-corrected chi connectivity index (χ3v) is 1.41. The molecule has 0 bridgehead atoms. The van der Waals surface area contributed by atoms with Gasteiger partial charge in [-0.1, -0.05) is 5.16 Å². The first-order chi connectivity index (χ1) is 7.11. The molecule has 0 aromatic heterocycles. The molecule has 6 heteroatoms. The lowest BCUT2D eigenvalue weighted by molar-refractivity contribution is -0.141. The van der Waals surface area contributed by atoms with Crippen LogP contribution < -0.4 is 0 Å². The largest absolute Gasteiger partial charge is 0.464 e. The summed E-state index contributed by atoms with van der Waals surface area (Å²) in [4.78, 5) is 25.9. The van der Waals surface area contributed by atoms with Gasteiger partial charge in [-0.25, -0.2) is 9.59 Å². The van der Waals surface area contributed by atoms with E-state index in [1.54, 1.807) is 0 Å². The summed E-state index contributed by atoms with van der Waals surface area (Å²) in [5.74, 6) is -1.27. The van der Waals surface area contributed by atoms with Crippen molar-refractivity contribution in [2.45, 2.75) is 26.2 Å². The molecule has 0 unspecified atom stereocenters. The van der Waals surface area contributed by atoms with Crippen LogP contribution in [0, 0.1) is 11.3 Å². The predicted octanol–water partition coefficient (Wildman–Crippen LogP) is 0.772. The second kappa shape index (κ2) is 7.50. The number of hydrogen-bond donors (Lipinski definition) is 0. The molecule has 82 valence electrons. The summed E-state index contributed by atoms with van der Waals surface area (Å²) in [5, 5.41) is 11.7. The van der Waals surface area contributed by atoms with E-state index < -0.39 is 11.9 Å².